The minimum Gasteiger partial charge on any atom is -0.360 e. The second-order valence-electron chi connectivity index (χ2n) is 5.65. The van der Waals surface area contributed by atoms with Crippen LogP contribution in [0.1, 0.15) is 11.1 Å². The van der Waals surface area contributed by atoms with E-state index in [0.717, 1.165) is 11.1 Å². The molecular weight excluding hydrogens is 350 g/mol. The highest BCUT2D eigenvalue weighted by Gasteiger charge is 2.33. The van der Waals surface area contributed by atoms with Gasteiger partial charge in [0.25, 0.3) is 5.91 Å². The molecule has 0 saturated carbocycles. The van der Waals surface area contributed by atoms with Gasteiger partial charge in [0.2, 0.25) is 10.0 Å². The van der Waals surface area contributed by atoms with Crippen molar-refractivity contribution in [1.82, 2.24) is 4.72 Å². The fraction of sp³-hybridized carbons (Fsp3) is 0.188. The molecule has 3 rings (SSSR count). The zero-order chi connectivity index (χ0) is 17.5. The van der Waals surface area contributed by atoms with Crippen molar-refractivity contribution in [2.24, 2.45) is 0 Å². The van der Waals surface area contributed by atoms with Crippen molar-refractivity contribution < 1.29 is 13.2 Å². The number of carbonyl (C=O) groups excluding carboxylic acids is 1. The van der Waals surface area contributed by atoms with Crippen molar-refractivity contribution in [2.75, 3.05) is 10.6 Å². The quantitative estimate of drug-likeness (QED) is 0.763. The zero-order valence-corrected chi connectivity index (χ0v) is 14.6. The van der Waals surface area contributed by atoms with Gasteiger partial charge in [-0.3, -0.25) is 4.79 Å². The maximum atomic E-state index is 12.5. The molecule has 0 fully saturated rings. The number of hydrogen-bond donors (Lipinski definition) is 3. The molecule has 0 radical (unpaired) electrons. The van der Waals surface area contributed by atoms with Gasteiger partial charge in [-0.25, -0.2) is 8.42 Å². The summed E-state index contributed by atoms with van der Waals surface area (Å²) in [6.07, 6.45) is -1.11. The van der Waals surface area contributed by atoms with Crippen LogP contribution in [0.25, 0.3) is 0 Å². The zero-order valence-electron chi connectivity index (χ0n) is 13.1. The van der Waals surface area contributed by atoms with Gasteiger partial charge in [-0.15, -0.1) is 0 Å². The molecule has 1 atom stereocenters. The lowest BCUT2D eigenvalue weighted by atomic mass is 10.2. The number of aryl methyl sites for hydroxylation is 2. The molecule has 3 N–H and O–H groups in total. The second-order valence-corrected chi connectivity index (χ2v) is 7.77. The first-order valence-electron chi connectivity index (χ1n) is 7.23. The van der Waals surface area contributed by atoms with Gasteiger partial charge in [0.1, 0.15) is 4.90 Å². The molecule has 1 heterocycles. The Morgan fingerprint density at radius 2 is 1.92 bits per heavy atom. The highest BCUT2D eigenvalue weighted by atomic mass is 35.5. The number of rotatable bonds is 2. The van der Waals surface area contributed by atoms with Gasteiger partial charge >= 0.3 is 0 Å². The largest absolute Gasteiger partial charge is 0.360 e. The van der Waals surface area contributed by atoms with Crippen molar-refractivity contribution in [3.63, 3.8) is 0 Å². The highest BCUT2D eigenvalue weighted by molar-refractivity contribution is 7.89. The van der Waals surface area contributed by atoms with Gasteiger partial charge in [-0.2, -0.15) is 4.72 Å². The summed E-state index contributed by atoms with van der Waals surface area (Å²) in [5, 5.41) is 6.08. The van der Waals surface area contributed by atoms with Crippen LogP contribution in [0.5, 0.6) is 0 Å². The number of fused-ring (bicyclic) bond motifs is 1. The SMILES string of the molecule is Cc1ccc2c(c1)N[C@H](C(=O)Nc1cc(Cl)ccc1C)NS2(=O)=O. The number of carbonyl (C=O) groups is 1. The van der Waals surface area contributed by atoms with E-state index >= 15 is 0 Å². The topological polar surface area (TPSA) is 87.3 Å². The van der Waals surface area contributed by atoms with Crippen LogP contribution in [0.15, 0.2) is 41.3 Å². The molecule has 2 aromatic carbocycles. The maximum Gasteiger partial charge on any atom is 0.262 e. The van der Waals surface area contributed by atoms with Gasteiger partial charge < -0.3 is 10.6 Å². The third kappa shape index (κ3) is 3.24. The molecule has 0 aliphatic carbocycles. The molecule has 0 saturated heterocycles. The van der Waals surface area contributed by atoms with E-state index in [0.29, 0.717) is 16.4 Å². The Morgan fingerprint density at radius 1 is 1.17 bits per heavy atom. The number of amides is 1. The van der Waals surface area contributed by atoms with Crippen LogP contribution >= 0.6 is 11.6 Å². The molecule has 1 amide bonds. The van der Waals surface area contributed by atoms with Crippen LogP contribution in [-0.4, -0.2) is 20.5 Å². The van der Waals surface area contributed by atoms with E-state index in [1.165, 1.54) is 6.07 Å². The van der Waals surface area contributed by atoms with Crippen LogP contribution < -0.4 is 15.4 Å². The molecular formula is C16H16ClN3O3S. The molecule has 0 aromatic heterocycles. The van der Waals surface area contributed by atoms with Crippen LogP contribution in [0.2, 0.25) is 5.02 Å². The maximum absolute atomic E-state index is 12.5. The Labute approximate surface area is 145 Å². The fourth-order valence-electron chi connectivity index (χ4n) is 2.45. The van der Waals surface area contributed by atoms with E-state index in [4.69, 9.17) is 11.6 Å². The molecule has 126 valence electrons. The van der Waals surface area contributed by atoms with Crippen LogP contribution in [-0.2, 0) is 14.8 Å². The summed E-state index contributed by atoms with van der Waals surface area (Å²) < 4.78 is 27.0. The third-order valence-electron chi connectivity index (χ3n) is 3.72. The second kappa shape index (κ2) is 6.08. The molecule has 0 bridgehead atoms. The first-order chi connectivity index (χ1) is 11.3. The van der Waals surface area contributed by atoms with Gasteiger partial charge in [-0.1, -0.05) is 23.7 Å². The van der Waals surface area contributed by atoms with Crippen LogP contribution in [0.3, 0.4) is 0 Å². The Kier molecular flexibility index (Phi) is 4.25. The summed E-state index contributed by atoms with van der Waals surface area (Å²) in [5.74, 6) is -0.518. The first kappa shape index (κ1) is 16.8. The average Bonchev–Trinajstić information content (AvgIpc) is 2.49. The summed E-state index contributed by atoms with van der Waals surface area (Å²) in [4.78, 5) is 12.6. The molecule has 0 spiro atoms. The summed E-state index contributed by atoms with van der Waals surface area (Å²) in [6.45, 7) is 3.67. The molecule has 1 aliphatic heterocycles. The van der Waals surface area contributed by atoms with E-state index in [1.807, 2.05) is 13.8 Å². The standard InChI is InChI=1S/C16H16ClN3O3S/c1-9-3-6-14-13(7-9)18-15(20-24(14,22)23)16(21)19-12-8-11(17)5-4-10(12)2/h3-8,15,18,20H,1-2H3,(H,19,21)/t15-/m0/s1. The Morgan fingerprint density at radius 3 is 2.67 bits per heavy atom. The molecule has 1 aliphatic rings. The molecule has 2 aromatic rings. The lowest BCUT2D eigenvalue weighted by Crippen LogP contribution is -2.51. The molecule has 0 unspecified atom stereocenters. The Hall–Kier alpha value is -2.09. The molecule has 24 heavy (non-hydrogen) atoms. The predicted octanol–water partition coefficient (Wildman–Crippen LogP) is 2.63. The van der Waals surface area contributed by atoms with E-state index in [-0.39, 0.29) is 4.90 Å². The van der Waals surface area contributed by atoms with Gasteiger partial charge in [-0.05, 0) is 49.2 Å². The summed E-state index contributed by atoms with van der Waals surface area (Å²) in [5.41, 5.74) is 2.64. The number of sulfonamides is 1. The number of benzene rings is 2. The number of nitrogens with one attached hydrogen (secondary N) is 3. The van der Waals surface area contributed by atoms with E-state index in [1.54, 1.807) is 30.3 Å². The fourth-order valence-corrected chi connectivity index (χ4v) is 3.88. The van der Waals surface area contributed by atoms with Crippen molar-refractivity contribution in [2.45, 2.75) is 24.9 Å². The van der Waals surface area contributed by atoms with Gasteiger partial charge in [0.05, 0.1) is 5.69 Å². The Bertz CT molecular complexity index is 928. The Balaban J connectivity index is 1.88. The highest BCUT2D eigenvalue weighted by Crippen LogP contribution is 2.27. The normalized spacial score (nSPS) is 18.4. The number of hydrogen-bond acceptors (Lipinski definition) is 4. The van der Waals surface area contributed by atoms with Crippen molar-refractivity contribution in [3.05, 3.63) is 52.5 Å². The van der Waals surface area contributed by atoms with E-state index in [9.17, 15) is 13.2 Å². The average molecular weight is 366 g/mol. The summed E-state index contributed by atoms with van der Waals surface area (Å²) in [7, 11) is -3.76. The lowest BCUT2D eigenvalue weighted by molar-refractivity contribution is -0.117. The summed E-state index contributed by atoms with van der Waals surface area (Å²) >= 11 is 5.94. The lowest BCUT2D eigenvalue weighted by Gasteiger charge is -2.27. The number of anilines is 2. The van der Waals surface area contributed by atoms with Crippen molar-refractivity contribution in [3.8, 4) is 0 Å². The van der Waals surface area contributed by atoms with Gasteiger partial charge in [0.15, 0.2) is 6.17 Å². The summed E-state index contributed by atoms with van der Waals surface area (Å²) in [6, 6.07) is 10.0. The van der Waals surface area contributed by atoms with Crippen LogP contribution in [0, 0.1) is 13.8 Å². The number of halogens is 1. The van der Waals surface area contributed by atoms with E-state index < -0.39 is 22.1 Å². The van der Waals surface area contributed by atoms with Crippen molar-refractivity contribution in [1.29, 1.82) is 0 Å². The smallest absolute Gasteiger partial charge is 0.262 e. The van der Waals surface area contributed by atoms with E-state index in [2.05, 4.69) is 15.4 Å². The predicted molar refractivity (Wildman–Crippen MR) is 93.7 cm³/mol. The molecule has 6 nitrogen and oxygen atoms in total. The van der Waals surface area contributed by atoms with Gasteiger partial charge in [0, 0.05) is 10.7 Å². The van der Waals surface area contributed by atoms with Crippen molar-refractivity contribution >= 4 is 38.9 Å². The minimum absolute atomic E-state index is 0.121. The minimum atomic E-state index is -3.76. The third-order valence-corrected chi connectivity index (χ3v) is 5.43. The monoisotopic (exact) mass is 365 g/mol. The van der Waals surface area contributed by atoms with Crippen LogP contribution in [0.4, 0.5) is 11.4 Å². The molecule has 8 heteroatoms. The first-order valence-corrected chi connectivity index (χ1v) is 9.09.